The molecule has 0 amide bonds. The van der Waals surface area contributed by atoms with Crippen LogP contribution in [0.1, 0.15) is 71.3 Å². The molecule has 0 bridgehead atoms. The lowest BCUT2D eigenvalue weighted by atomic mass is 10.1. The topological polar surface area (TPSA) is 57.2 Å². The Kier molecular flexibility index (Phi) is 14.9. The quantitative estimate of drug-likeness (QED) is 0.226. The van der Waals surface area contributed by atoms with Crippen LogP contribution in [0.2, 0.25) is 0 Å². The number of alkyl halides is 1. The Labute approximate surface area is 178 Å². The van der Waals surface area contributed by atoms with Gasteiger partial charge in [-0.15, -0.1) is 11.6 Å². The number of halogens is 1. The lowest BCUT2D eigenvalue weighted by molar-refractivity contribution is -0.928. The summed E-state index contributed by atoms with van der Waals surface area (Å²) in [5.74, 6) is 0.824. The summed E-state index contributed by atoms with van der Waals surface area (Å²) in [5.41, 5.74) is 0.928. The second kappa shape index (κ2) is 15.3. The highest BCUT2D eigenvalue weighted by atomic mass is 35.5. The molecule has 0 saturated heterocycles. The van der Waals surface area contributed by atoms with Gasteiger partial charge in [-0.05, 0) is 38.3 Å². The van der Waals surface area contributed by atoms with E-state index in [1.165, 1.54) is 87.7 Å². The summed E-state index contributed by atoms with van der Waals surface area (Å²) < 4.78 is 32.5. The Bertz CT molecular complexity index is 565. The Balaban J connectivity index is 0.000000567. The number of unbranched alkanes of at least 4 members (excludes halogenated alkanes) is 3. The second-order valence-corrected chi connectivity index (χ2v) is 9.36. The van der Waals surface area contributed by atoms with Gasteiger partial charge in [0.05, 0.1) is 31.1 Å². The number of quaternary nitrogens is 1. The molecular weight excluding hydrogens is 394 g/mol. The minimum absolute atomic E-state index is 0.178. The molecule has 0 aliphatic carbocycles. The van der Waals surface area contributed by atoms with E-state index in [0.29, 0.717) is 0 Å². The zero-order chi connectivity index (χ0) is 21.5. The number of rotatable bonds is 13. The molecule has 0 heterocycles. The van der Waals surface area contributed by atoms with E-state index in [1.807, 2.05) is 6.92 Å². The van der Waals surface area contributed by atoms with Gasteiger partial charge in [-0.1, -0.05) is 57.7 Å². The van der Waals surface area contributed by atoms with Crippen LogP contribution in [-0.4, -0.2) is 49.5 Å². The first-order chi connectivity index (χ1) is 13.2. The normalized spacial score (nSPS) is 11.8. The number of aryl methyl sites for hydroxylation is 1. The van der Waals surface area contributed by atoms with Crippen LogP contribution in [0.5, 0.6) is 0 Å². The molecule has 1 rings (SSSR count). The average Bonchev–Trinajstić information content (AvgIpc) is 2.67. The molecule has 0 unspecified atom stereocenters. The van der Waals surface area contributed by atoms with Gasteiger partial charge in [0.25, 0.3) is 0 Å². The van der Waals surface area contributed by atoms with Gasteiger partial charge in [0.1, 0.15) is 10.1 Å². The zero-order valence-corrected chi connectivity index (χ0v) is 19.8. The fourth-order valence-corrected chi connectivity index (χ4v) is 3.84. The summed E-state index contributed by atoms with van der Waals surface area (Å²) in [6.07, 6.45) is 9.25. The van der Waals surface area contributed by atoms with Crippen molar-refractivity contribution in [1.29, 1.82) is 0 Å². The molecule has 0 atom stereocenters. The molecule has 0 saturated carbocycles. The van der Waals surface area contributed by atoms with Gasteiger partial charge in [-0.2, -0.15) is 0 Å². The maximum Gasteiger partial charge on any atom is 0.124 e. The summed E-state index contributed by atoms with van der Waals surface area (Å²) in [7, 11) is -4.27. The highest BCUT2D eigenvalue weighted by Gasteiger charge is 2.24. The van der Waals surface area contributed by atoms with Crippen molar-refractivity contribution >= 4 is 21.7 Å². The molecule has 0 aromatic heterocycles. The molecule has 4 nitrogen and oxygen atoms in total. The fraction of sp³-hybridized carbons (Fsp3) is 0.727. The molecule has 28 heavy (non-hydrogen) atoms. The van der Waals surface area contributed by atoms with Crippen molar-refractivity contribution in [2.45, 2.75) is 77.5 Å². The van der Waals surface area contributed by atoms with Gasteiger partial charge in [0, 0.05) is 12.3 Å². The summed E-state index contributed by atoms with van der Waals surface area (Å²) in [6, 6.07) is 5.78. The largest absolute Gasteiger partial charge is 0.744 e. The molecular formula is C22H40ClNO3S. The maximum atomic E-state index is 10.4. The Morgan fingerprint density at radius 2 is 1.21 bits per heavy atom. The van der Waals surface area contributed by atoms with Crippen molar-refractivity contribution in [2.75, 3.05) is 32.1 Å². The van der Waals surface area contributed by atoms with Crippen LogP contribution in [-0.2, 0) is 10.1 Å². The van der Waals surface area contributed by atoms with E-state index in [2.05, 4.69) is 20.8 Å². The molecule has 0 fully saturated rings. The minimum Gasteiger partial charge on any atom is -0.744 e. The molecule has 0 aliphatic heterocycles. The lowest BCUT2D eigenvalue weighted by Gasteiger charge is -2.39. The highest BCUT2D eigenvalue weighted by molar-refractivity contribution is 7.85. The van der Waals surface area contributed by atoms with Crippen LogP contribution in [0.15, 0.2) is 29.2 Å². The highest BCUT2D eigenvalue weighted by Crippen LogP contribution is 2.16. The van der Waals surface area contributed by atoms with Gasteiger partial charge < -0.3 is 9.04 Å². The second-order valence-electron chi connectivity index (χ2n) is 7.61. The fourth-order valence-electron chi connectivity index (χ4n) is 3.25. The van der Waals surface area contributed by atoms with E-state index in [9.17, 15) is 13.0 Å². The number of hydrogen-bond donors (Lipinski definition) is 0. The van der Waals surface area contributed by atoms with Crippen molar-refractivity contribution in [3.63, 3.8) is 0 Å². The molecule has 164 valence electrons. The van der Waals surface area contributed by atoms with Crippen molar-refractivity contribution in [1.82, 2.24) is 0 Å². The van der Waals surface area contributed by atoms with E-state index >= 15 is 0 Å². The van der Waals surface area contributed by atoms with Crippen LogP contribution in [0.4, 0.5) is 0 Å². The van der Waals surface area contributed by atoms with Crippen molar-refractivity contribution in [3.05, 3.63) is 29.8 Å². The monoisotopic (exact) mass is 433 g/mol. The van der Waals surface area contributed by atoms with Gasteiger partial charge in [-0.3, -0.25) is 0 Å². The number of benzene rings is 1. The van der Waals surface area contributed by atoms with Crippen LogP contribution >= 0.6 is 11.6 Å². The number of hydrogen-bond acceptors (Lipinski definition) is 3. The summed E-state index contributed by atoms with van der Waals surface area (Å²) in [4.78, 5) is -0.178. The first-order valence-corrected chi connectivity index (χ1v) is 12.6. The summed E-state index contributed by atoms with van der Waals surface area (Å²) in [6.45, 7) is 14.1. The van der Waals surface area contributed by atoms with Crippen LogP contribution in [0, 0.1) is 6.92 Å². The Morgan fingerprint density at radius 1 is 0.821 bits per heavy atom. The van der Waals surface area contributed by atoms with Crippen molar-refractivity contribution < 1.29 is 17.5 Å². The SMILES string of the molecule is CCCC[N+](CCCC)(CCCC)CCCCl.Cc1ccc(S(=O)(=O)[O-])cc1. The van der Waals surface area contributed by atoms with E-state index < -0.39 is 10.1 Å². The molecule has 1 aromatic carbocycles. The minimum atomic E-state index is -4.27. The van der Waals surface area contributed by atoms with Crippen LogP contribution in [0.3, 0.4) is 0 Å². The van der Waals surface area contributed by atoms with Gasteiger partial charge >= 0.3 is 0 Å². The molecule has 6 heteroatoms. The molecule has 0 aliphatic rings. The van der Waals surface area contributed by atoms with Gasteiger partial charge in [0.2, 0.25) is 0 Å². The predicted octanol–water partition coefficient (Wildman–Crippen LogP) is 5.73. The van der Waals surface area contributed by atoms with Crippen molar-refractivity contribution in [3.8, 4) is 0 Å². The molecule has 1 aromatic rings. The van der Waals surface area contributed by atoms with Gasteiger partial charge in [-0.25, -0.2) is 8.42 Å². The lowest BCUT2D eigenvalue weighted by Crippen LogP contribution is -2.50. The Hall–Kier alpha value is -0.620. The van der Waals surface area contributed by atoms with E-state index in [0.717, 1.165) is 11.4 Å². The van der Waals surface area contributed by atoms with Crippen LogP contribution < -0.4 is 0 Å². The summed E-state index contributed by atoms with van der Waals surface area (Å²) >= 11 is 5.90. The third-order valence-electron chi connectivity index (χ3n) is 5.03. The van der Waals surface area contributed by atoms with E-state index in [4.69, 9.17) is 11.6 Å². The van der Waals surface area contributed by atoms with E-state index in [1.54, 1.807) is 12.1 Å². The average molecular weight is 434 g/mol. The van der Waals surface area contributed by atoms with Gasteiger partial charge in [0.15, 0.2) is 0 Å². The maximum absolute atomic E-state index is 10.4. The molecule has 0 radical (unpaired) electrons. The first-order valence-electron chi connectivity index (χ1n) is 10.7. The van der Waals surface area contributed by atoms with Crippen LogP contribution in [0.25, 0.3) is 0 Å². The zero-order valence-electron chi connectivity index (χ0n) is 18.3. The number of nitrogens with zero attached hydrogens (tertiary/aromatic N) is 1. The summed E-state index contributed by atoms with van der Waals surface area (Å²) in [5, 5.41) is 0. The van der Waals surface area contributed by atoms with E-state index in [-0.39, 0.29) is 4.90 Å². The Morgan fingerprint density at radius 3 is 1.54 bits per heavy atom. The third-order valence-corrected chi connectivity index (χ3v) is 6.15. The molecule has 0 N–H and O–H groups in total. The predicted molar refractivity (Wildman–Crippen MR) is 119 cm³/mol. The van der Waals surface area contributed by atoms with Crippen molar-refractivity contribution in [2.24, 2.45) is 0 Å². The standard InChI is InChI=1S/C15H33ClN.C7H8O3S/c1-4-7-12-17(13-8-5-2,14-9-6-3)15-10-11-16;1-6-2-4-7(5-3-6)11(8,9)10/h4-15H2,1-3H3;2-5H,1H3,(H,8,9,10)/q+1;/p-1. The first kappa shape index (κ1) is 27.4. The third kappa shape index (κ3) is 12.1. The molecule has 0 spiro atoms. The smallest absolute Gasteiger partial charge is 0.124 e.